The zero-order valence-corrected chi connectivity index (χ0v) is 11.1. The maximum absolute atomic E-state index is 12.2. The van der Waals surface area contributed by atoms with Gasteiger partial charge in [0.05, 0.1) is 24.6 Å². The molecule has 0 saturated carbocycles. The first kappa shape index (κ1) is 13.4. The second-order valence-corrected chi connectivity index (χ2v) is 5.90. The van der Waals surface area contributed by atoms with E-state index in [1.165, 1.54) is 23.7 Å². The Morgan fingerprint density at radius 2 is 1.89 bits per heavy atom. The van der Waals surface area contributed by atoms with E-state index in [9.17, 15) is 8.42 Å². The minimum Gasteiger partial charge on any atom is -0.368 e. The minimum atomic E-state index is -3.64. The molecule has 0 bridgehead atoms. The zero-order chi connectivity index (χ0) is 13.9. The Morgan fingerprint density at radius 1 is 1.21 bits per heavy atom. The summed E-state index contributed by atoms with van der Waals surface area (Å²) in [5, 5.41) is 0. The Bertz CT molecular complexity index is 643. The van der Waals surface area contributed by atoms with E-state index in [1.807, 2.05) is 0 Å². The molecule has 2 aromatic rings. The molecule has 0 atom stereocenters. The molecule has 0 unspecified atom stereocenters. The number of rotatable bonds is 4. The minimum absolute atomic E-state index is 0.000121. The van der Waals surface area contributed by atoms with Crippen molar-refractivity contribution in [3.8, 4) is 0 Å². The highest BCUT2D eigenvalue weighted by atomic mass is 32.2. The van der Waals surface area contributed by atoms with E-state index in [4.69, 9.17) is 5.73 Å². The summed E-state index contributed by atoms with van der Waals surface area (Å²) in [7, 11) is -2.17. The fourth-order valence-electron chi connectivity index (χ4n) is 1.44. The maximum atomic E-state index is 12.2. The summed E-state index contributed by atoms with van der Waals surface area (Å²) < 4.78 is 25.6. The van der Waals surface area contributed by atoms with E-state index in [2.05, 4.69) is 15.0 Å². The molecule has 0 saturated heterocycles. The van der Waals surface area contributed by atoms with Crippen LogP contribution < -0.4 is 5.73 Å². The third kappa shape index (κ3) is 3.04. The number of hydrogen-bond donors (Lipinski definition) is 1. The molecule has 2 aromatic heterocycles. The van der Waals surface area contributed by atoms with Gasteiger partial charge in [-0.1, -0.05) is 6.07 Å². The first-order valence-corrected chi connectivity index (χ1v) is 6.88. The number of aromatic nitrogens is 3. The van der Waals surface area contributed by atoms with Crippen LogP contribution in [0.15, 0.2) is 41.7 Å². The lowest BCUT2D eigenvalue weighted by Crippen LogP contribution is -2.27. The fraction of sp³-hybridized carbons (Fsp3) is 0.182. The van der Waals surface area contributed by atoms with Crippen molar-refractivity contribution in [2.75, 3.05) is 12.8 Å². The first-order chi connectivity index (χ1) is 9.00. The van der Waals surface area contributed by atoms with Crippen LogP contribution in [0, 0.1) is 0 Å². The molecule has 0 aliphatic heterocycles. The van der Waals surface area contributed by atoms with E-state index in [1.54, 1.807) is 24.4 Å². The summed E-state index contributed by atoms with van der Waals surface area (Å²) in [6.07, 6.45) is 3.99. The first-order valence-electron chi connectivity index (χ1n) is 5.44. The van der Waals surface area contributed by atoms with Crippen LogP contribution in [0.25, 0.3) is 0 Å². The van der Waals surface area contributed by atoms with Crippen molar-refractivity contribution < 1.29 is 8.42 Å². The third-order valence-corrected chi connectivity index (χ3v) is 4.22. The molecule has 0 radical (unpaired) electrons. The molecule has 7 nitrogen and oxygen atoms in total. The number of pyridine rings is 1. The molecule has 0 fully saturated rings. The second-order valence-electron chi connectivity index (χ2n) is 3.86. The number of nitrogens with zero attached hydrogens (tertiary/aromatic N) is 4. The lowest BCUT2D eigenvalue weighted by Gasteiger charge is -2.16. The molecular weight excluding hydrogens is 266 g/mol. The van der Waals surface area contributed by atoms with Crippen LogP contribution in [0.2, 0.25) is 0 Å². The van der Waals surface area contributed by atoms with Crippen LogP contribution in [0.5, 0.6) is 0 Å². The van der Waals surface area contributed by atoms with Crippen LogP contribution in [0.4, 0.5) is 5.95 Å². The van der Waals surface area contributed by atoms with Gasteiger partial charge in [0.2, 0.25) is 16.0 Å². The van der Waals surface area contributed by atoms with Gasteiger partial charge in [0.15, 0.2) is 0 Å². The molecule has 8 heteroatoms. The summed E-state index contributed by atoms with van der Waals surface area (Å²) in [5.74, 6) is 0.0336. The Kier molecular flexibility index (Phi) is 3.72. The third-order valence-electron chi connectivity index (χ3n) is 2.47. The Morgan fingerprint density at radius 3 is 2.47 bits per heavy atom. The van der Waals surface area contributed by atoms with E-state index in [0.717, 1.165) is 0 Å². The molecule has 0 spiro atoms. The smallest absolute Gasteiger partial charge is 0.246 e. The van der Waals surface area contributed by atoms with Gasteiger partial charge in [-0.2, -0.15) is 4.31 Å². The van der Waals surface area contributed by atoms with Crippen molar-refractivity contribution >= 4 is 16.0 Å². The number of hydrogen-bond acceptors (Lipinski definition) is 6. The fourth-order valence-corrected chi connectivity index (χ4v) is 2.48. The monoisotopic (exact) mass is 279 g/mol. The standard InChI is InChI=1S/C11H13N5O2S/c1-16(8-9-4-2-3-5-13-9)19(17,18)10-6-14-11(12)15-7-10/h2-7H,8H2,1H3,(H2,12,14,15). The van der Waals surface area contributed by atoms with Crippen molar-refractivity contribution in [1.82, 2.24) is 19.3 Å². The van der Waals surface area contributed by atoms with Gasteiger partial charge in [-0.3, -0.25) is 4.98 Å². The van der Waals surface area contributed by atoms with Crippen LogP contribution in [-0.2, 0) is 16.6 Å². The molecule has 0 aromatic carbocycles. The van der Waals surface area contributed by atoms with E-state index in [0.29, 0.717) is 5.69 Å². The summed E-state index contributed by atoms with van der Waals surface area (Å²) in [6, 6.07) is 5.33. The van der Waals surface area contributed by atoms with E-state index < -0.39 is 10.0 Å². The quantitative estimate of drug-likeness (QED) is 0.862. The number of nitrogens with two attached hydrogens (primary N) is 1. The molecule has 0 aliphatic carbocycles. The average Bonchev–Trinajstić information content (AvgIpc) is 2.40. The molecule has 2 heterocycles. The van der Waals surface area contributed by atoms with E-state index >= 15 is 0 Å². The highest BCUT2D eigenvalue weighted by Gasteiger charge is 2.22. The van der Waals surface area contributed by atoms with Crippen molar-refractivity contribution in [3.63, 3.8) is 0 Å². The largest absolute Gasteiger partial charge is 0.368 e. The predicted molar refractivity (Wildman–Crippen MR) is 69.3 cm³/mol. The molecule has 19 heavy (non-hydrogen) atoms. The number of nitrogen functional groups attached to an aromatic ring is 1. The molecule has 2 rings (SSSR count). The van der Waals surface area contributed by atoms with Gasteiger partial charge in [0, 0.05) is 13.2 Å². The lowest BCUT2D eigenvalue weighted by atomic mass is 10.3. The van der Waals surface area contributed by atoms with Gasteiger partial charge in [-0.05, 0) is 12.1 Å². The van der Waals surface area contributed by atoms with E-state index in [-0.39, 0.29) is 17.4 Å². The van der Waals surface area contributed by atoms with Crippen molar-refractivity contribution in [3.05, 3.63) is 42.5 Å². The highest BCUT2D eigenvalue weighted by molar-refractivity contribution is 7.89. The topological polar surface area (TPSA) is 102 Å². The van der Waals surface area contributed by atoms with Crippen LogP contribution in [0.1, 0.15) is 5.69 Å². The summed E-state index contributed by atoms with van der Waals surface area (Å²) in [4.78, 5) is 11.4. The Labute approximate surface area is 111 Å². The van der Waals surface area contributed by atoms with Crippen molar-refractivity contribution in [2.24, 2.45) is 0 Å². The normalized spacial score (nSPS) is 11.7. The molecule has 0 aliphatic rings. The Balaban J connectivity index is 2.22. The van der Waals surface area contributed by atoms with Crippen LogP contribution >= 0.6 is 0 Å². The van der Waals surface area contributed by atoms with Gasteiger partial charge in [-0.15, -0.1) is 0 Å². The number of sulfonamides is 1. The summed E-state index contributed by atoms with van der Waals surface area (Å²) >= 11 is 0. The van der Waals surface area contributed by atoms with Gasteiger partial charge in [0.1, 0.15) is 4.90 Å². The van der Waals surface area contributed by atoms with Crippen LogP contribution in [-0.4, -0.2) is 34.7 Å². The highest BCUT2D eigenvalue weighted by Crippen LogP contribution is 2.14. The SMILES string of the molecule is CN(Cc1ccccn1)S(=O)(=O)c1cnc(N)nc1. The molecule has 0 amide bonds. The predicted octanol–water partition coefficient (Wildman–Crippen LogP) is 0.274. The van der Waals surface area contributed by atoms with Crippen molar-refractivity contribution in [2.45, 2.75) is 11.4 Å². The lowest BCUT2D eigenvalue weighted by molar-refractivity contribution is 0.461. The van der Waals surface area contributed by atoms with Gasteiger partial charge >= 0.3 is 0 Å². The van der Waals surface area contributed by atoms with Gasteiger partial charge in [0.25, 0.3) is 0 Å². The van der Waals surface area contributed by atoms with Gasteiger partial charge < -0.3 is 5.73 Å². The molecule has 2 N–H and O–H groups in total. The Hall–Kier alpha value is -2.06. The zero-order valence-electron chi connectivity index (χ0n) is 10.3. The summed E-state index contributed by atoms with van der Waals surface area (Å²) in [5.41, 5.74) is 5.99. The molecular formula is C11H13N5O2S. The summed E-state index contributed by atoms with van der Waals surface area (Å²) in [6.45, 7) is 0.174. The second kappa shape index (κ2) is 5.29. The molecule has 100 valence electrons. The van der Waals surface area contributed by atoms with Gasteiger partial charge in [-0.25, -0.2) is 18.4 Å². The average molecular weight is 279 g/mol. The van der Waals surface area contributed by atoms with Crippen LogP contribution in [0.3, 0.4) is 0 Å². The maximum Gasteiger partial charge on any atom is 0.246 e. The number of anilines is 1. The van der Waals surface area contributed by atoms with Crippen molar-refractivity contribution in [1.29, 1.82) is 0 Å².